The molecule has 0 radical (unpaired) electrons. The monoisotopic (exact) mass is 394 g/mol. The minimum Gasteiger partial charge on any atom is -0.368 e. The van der Waals surface area contributed by atoms with Crippen molar-refractivity contribution in [2.24, 2.45) is 0 Å². The molecular formula is C20H18ClF3N2O. The van der Waals surface area contributed by atoms with Crippen LogP contribution >= 0.6 is 11.6 Å². The van der Waals surface area contributed by atoms with E-state index in [-0.39, 0.29) is 5.91 Å². The number of hydrogen-bond acceptors (Lipinski definition) is 2. The fourth-order valence-electron chi connectivity index (χ4n) is 2.94. The van der Waals surface area contributed by atoms with Crippen LogP contribution in [-0.2, 0) is 11.0 Å². The molecule has 0 bridgehead atoms. The Kier molecular flexibility index (Phi) is 5.75. The minimum atomic E-state index is -4.36. The van der Waals surface area contributed by atoms with Crippen LogP contribution in [0.25, 0.3) is 6.08 Å². The lowest BCUT2D eigenvalue weighted by molar-refractivity contribution is -0.137. The molecule has 1 heterocycles. The van der Waals surface area contributed by atoms with E-state index in [0.29, 0.717) is 36.9 Å². The van der Waals surface area contributed by atoms with E-state index in [4.69, 9.17) is 11.6 Å². The predicted octanol–water partition coefficient (Wildman–Crippen LogP) is 4.72. The summed E-state index contributed by atoms with van der Waals surface area (Å²) in [7, 11) is 0. The number of benzene rings is 2. The molecule has 0 aliphatic carbocycles. The lowest BCUT2D eigenvalue weighted by atomic mass is 10.1. The van der Waals surface area contributed by atoms with E-state index in [1.54, 1.807) is 23.1 Å². The molecule has 7 heteroatoms. The molecule has 1 aliphatic rings. The summed E-state index contributed by atoms with van der Waals surface area (Å²) in [5.74, 6) is -0.140. The number of alkyl halides is 3. The number of amides is 1. The number of piperazine rings is 1. The van der Waals surface area contributed by atoms with Gasteiger partial charge < -0.3 is 9.80 Å². The summed E-state index contributed by atoms with van der Waals surface area (Å²) in [6.45, 7) is 1.85. The topological polar surface area (TPSA) is 23.6 Å². The first kappa shape index (κ1) is 19.3. The second-order valence-electron chi connectivity index (χ2n) is 6.22. The summed E-state index contributed by atoms with van der Waals surface area (Å²) < 4.78 is 38.6. The van der Waals surface area contributed by atoms with Gasteiger partial charge in [0.05, 0.1) is 5.56 Å². The van der Waals surface area contributed by atoms with Gasteiger partial charge >= 0.3 is 6.18 Å². The molecule has 0 spiro atoms. The molecule has 0 aromatic heterocycles. The summed E-state index contributed by atoms with van der Waals surface area (Å²) in [5.41, 5.74) is 0.611. The van der Waals surface area contributed by atoms with Crippen LogP contribution in [0.5, 0.6) is 0 Å². The van der Waals surface area contributed by atoms with Crippen LogP contribution in [0.1, 0.15) is 11.1 Å². The maximum atomic E-state index is 12.9. The maximum Gasteiger partial charge on any atom is 0.416 e. The van der Waals surface area contributed by atoms with Gasteiger partial charge in [-0.1, -0.05) is 35.9 Å². The summed E-state index contributed by atoms with van der Waals surface area (Å²) in [5, 5.41) is 0.566. The highest BCUT2D eigenvalue weighted by molar-refractivity contribution is 6.32. The van der Waals surface area contributed by atoms with Crippen LogP contribution in [0.2, 0.25) is 5.02 Å². The third-order valence-electron chi connectivity index (χ3n) is 4.44. The van der Waals surface area contributed by atoms with Crippen molar-refractivity contribution in [2.45, 2.75) is 6.18 Å². The predicted molar refractivity (Wildman–Crippen MR) is 101 cm³/mol. The Morgan fingerprint density at radius 2 is 1.70 bits per heavy atom. The van der Waals surface area contributed by atoms with Crippen LogP contribution in [-0.4, -0.2) is 37.0 Å². The lowest BCUT2D eigenvalue weighted by Crippen LogP contribution is -2.48. The molecule has 0 N–H and O–H groups in total. The fraction of sp³-hybridized carbons (Fsp3) is 0.250. The largest absolute Gasteiger partial charge is 0.416 e. The van der Waals surface area contributed by atoms with E-state index in [9.17, 15) is 18.0 Å². The second kappa shape index (κ2) is 8.05. The summed E-state index contributed by atoms with van der Waals surface area (Å²) >= 11 is 6.06. The standard InChI is InChI=1S/C20H18ClF3N2O/c21-18-7-2-1-4-15(18)8-9-19(27)26-12-10-25(11-13-26)17-6-3-5-16(14-17)20(22,23)24/h1-9,14H,10-13H2. The van der Waals surface area contributed by atoms with Crippen LogP contribution in [0.3, 0.4) is 0 Å². The highest BCUT2D eigenvalue weighted by atomic mass is 35.5. The molecule has 0 unspecified atom stereocenters. The highest BCUT2D eigenvalue weighted by Gasteiger charge is 2.31. The van der Waals surface area contributed by atoms with Gasteiger partial charge in [-0.15, -0.1) is 0 Å². The van der Waals surface area contributed by atoms with E-state index in [1.165, 1.54) is 12.1 Å². The van der Waals surface area contributed by atoms with Crippen LogP contribution < -0.4 is 4.90 Å². The fourth-order valence-corrected chi connectivity index (χ4v) is 3.14. The Morgan fingerprint density at radius 3 is 2.37 bits per heavy atom. The van der Waals surface area contributed by atoms with E-state index in [2.05, 4.69) is 0 Å². The van der Waals surface area contributed by atoms with Crippen molar-refractivity contribution in [3.05, 3.63) is 70.8 Å². The van der Waals surface area contributed by atoms with Crippen molar-refractivity contribution >= 4 is 29.3 Å². The van der Waals surface area contributed by atoms with Gasteiger partial charge in [0, 0.05) is 43.0 Å². The van der Waals surface area contributed by atoms with Gasteiger partial charge in [0.25, 0.3) is 0 Å². The van der Waals surface area contributed by atoms with E-state index in [0.717, 1.165) is 17.7 Å². The molecule has 3 rings (SSSR count). The Bertz CT molecular complexity index is 843. The molecule has 27 heavy (non-hydrogen) atoms. The summed E-state index contributed by atoms with van der Waals surface area (Å²) in [6, 6.07) is 12.5. The zero-order chi connectivity index (χ0) is 19.4. The second-order valence-corrected chi connectivity index (χ2v) is 6.62. The van der Waals surface area contributed by atoms with Gasteiger partial charge in [0.1, 0.15) is 0 Å². The van der Waals surface area contributed by atoms with E-state index in [1.807, 2.05) is 23.1 Å². The number of rotatable bonds is 3. The van der Waals surface area contributed by atoms with E-state index < -0.39 is 11.7 Å². The first-order chi connectivity index (χ1) is 12.8. The van der Waals surface area contributed by atoms with Gasteiger partial charge in [-0.25, -0.2) is 0 Å². The maximum absolute atomic E-state index is 12.9. The molecule has 0 saturated carbocycles. The zero-order valence-electron chi connectivity index (χ0n) is 14.4. The van der Waals surface area contributed by atoms with Crippen molar-refractivity contribution in [3.63, 3.8) is 0 Å². The molecule has 3 nitrogen and oxygen atoms in total. The van der Waals surface area contributed by atoms with Gasteiger partial charge in [0.2, 0.25) is 5.91 Å². The molecule has 1 amide bonds. The normalized spacial score (nSPS) is 15.4. The van der Waals surface area contributed by atoms with E-state index >= 15 is 0 Å². The van der Waals surface area contributed by atoms with Crippen LogP contribution in [0.4, 0.5) is 18.9 Å². The SMILES string of the molecule is O=C(C=Cc1ccccc1Cl)N1CCN(c2cccc(C(F)(F)F)c2)CC1. The number of carbonyl (C=O) groups is 1. The van der Waals surface area contributed by atoms with Crippen molar-refractivity contribution in [1.82, 2.24) is 4.90 Å². The molecule has 2 aromatic carbocycles. The molecule has 142 valence electrons. The quantitative estimate of drug-likeness (QED) is 0.703. The van der Waals surface area contributed by atoms with Crippen molar-refractivity contribution in [1.29, 1.82) is 0 Å². The average Bonchev–Trinajstić information content (AvgIpc) is 2.67. The third kappa shape index (κ3) is 4.83. The first-order valence-corrected chi connectivity index (χ1v) is 8.86. The van der Waals surface area contributed by atoms with Crippen LogP contribution in [0.15, 0.2) is 54.6 Å². The molecule has 1 saturated heterocycles. The number of anilines is 1. The average molecular weight is 395 g/mol. The highest BCUT2D eigenvalue weighted by Crippen LogP contribution is 2.31. The van der Waals surface area contributed by atoms with Gasteiger partial charge in [-0.05, 0) is 35.9 Å². The smallest absolute Gasteiger partial charge is 0.368 e. The van der Waals surface area contributed by atoms with Gasteiger partial charge in [-0.3, -0.25) is 4.79 Å². The Labute approximate surface area is 160 Å². The van der Waals surface area contributed by atoms with Gasteiger partial charge in [-0.2, -0.15) is 13.2 Å². The zero-order valence-corrected chi connectivity index (χ0v) is 15.2. The Morgan fingerprint density at radius 1 is 1.00 bits per heavy atom. The Hall–Kier alpha value is -2.47. The summed E-state index contributed by atoms with van der Waals surface area (Å²) in [6.07, 6.45) is -1.22. The molecule has 2 aromatic rings. The van der Waals surface area contributed by atoms with Gasteiger partial charge in [0.15, 0.2) is 0 Å². The minimum absolute atomic E-state index is 0.140. The van der Waals surface area contributed by atoms with Crippen LogP contribution in [0, 0.1) is 0 Å². The number of nitrogens with zero attached hydrogens (tertiary/aromatic N) is 2. The molecule has 1 fully saturated rings. The first-order valence-electron chi connectivity index (χ1n) is 8.48. The molecular weight excluding hydrogens is 377 g/mol. The van der Waals surface area contributed by atoms with Crippen molar-refractivity contribution in [3.8, 4) is 0 Å². The summed E-state index contributed by atoms with van der Waals surface area (Å²) in [4.78, 5) is 15.9. The number of carbonyl (C=O) groups excluding carboxylic acids is 1. The lowest BCUT2D eigenvalue weighted by Gasteiger charge is -2.35. The Balaban J connectivity index is 1.60. The number of halogens is 4. The third-order valence-corrected chi connectivity index (χ3v) is 4.78. The molecule has 1 aliphatic heterocycles. The molecule has 0 atom stereocenters. The van der Waals surface area contributed by atoms with Crippen molar-refractivity contribution in [2.75, 3.05) is 31.1 Å². The number of hydrogen-bond donors (Lipinski definition) is 0. The van der Waals surface area contributed by atoms with Crippen molar-refractivity contribution < 1.29 is 18.0 Å².